The third-order valence-corrected chi connectivity index (χ3v) is 3.31. The predicted octanol–water partition coefficient (Wildman–Crippen LogP) is 3.13. The molecular formula is C16H16ClN3O3. The maximum absolute atomic E-state index is 12.3. The van der Waals surface area contributed by atoms with E-state index in [0.29, 0.717) is 17.1 Å². The number of carbonyl (C=O) groups is 2. The summed E-state index contributed by atoms with van der Waals surface area (Å²) in [6.45, 7) is 3.83. The van der Waals surface area contributed by atoms with Crippen molar-refractivity contribution >= 4 is 29.2 Å². The molecule has 0 spiro atoms. The van der Waals surface area contributed by atoms with Crippen molar-refractivity contribution in [2.24, 2.45) is 0 Å². The molecule has 6 nitrogen and oxygen atoms in total. The molecule has 7 heteroatoms. The Kier molecular flexibility index (Phi) is 5.28. The zero-order valence-electron chi connectivity index (χ0n) is 12.7. The molecule has 1 amide bonds. The van der Waals surface area contributed by atoms with Crippen molar-refractivity contribution in [3.63, 3.8) is 0 Å². The molecule has 0 saturated heterocycles. The highest BCUT2D eigenvalue weighted by Gasteiger charge is 2.16. The highest BCUT2D eigenvalue weighted by molar-refractivity contribution is 6.33. The second-order valence-electron chi connectivity index (χ2n) is 5.30. The molecule has 2 rings (SSSR count). The molecular weight excluding hydrogens is 318 g/mol. The van der Waals surface area contributed by atoms with E-state index < -0.39 is 11.9 Å². The van der Waals surface area contributed by atoms with Crippen LogP contribution < -0.4 is 5.32 Å². The summed E-state index contributed by atoms with van der Waals surface area (Å²) in [5.41, 5.74) is 1.16. The number of anilines is 1. The molecule has 23 heavy (non-hydrogen) atoms. The van der Waals surface area contributed by atoms with Gasteiger partial charge in [0.05, 0.1) is 17.6 Å². The van der Waals surface area contributed by atoms with E-state index in [1.165, 1.54) is 6.20 Å². The summed E-state index contributed by atoms with van der Waals surface area (Å²) in [4.78, 5) is 31.4. The predicted molar refractivity (Wildman–Crippen MR) is 86.9 cm³/mol. The quantitative estimate of drug-likeness (QED) is 0.877. The van der Waals surface area contributed by atoms with Crippen LogP contribution in [0.3, 0.4) is 0 Å². The van der Waals surface area contributed by atoms with Crippen LogP contribution in [0, 0.1) is 0 Å². The van der Waals surface area contributed by atoms with Gasteiger partial charge in [0.2, 0.25) is 0 Å². The molecule has 0 fully saturated rings. The van der Waals surface area contributed by atoms with Gasteiger partial charge in [0.25, 0.3) is 5.91 Å². The van der Waals surface area contributed by atoms with Crippen LogP contribution in [-0.2, 0) is 11.2 Å². The van der Waals surface area contributed by atoms with E-state index in [1.54, 1.807) is 24.3 Å². The van der Waals surface area contributed by atoms with Gasteiger partial charge >= 0.3 is 5.97 Å². The van der Waals surface area contributed by atoms with Crippen molar-refractivity contribution in [1.82, 2.24) is 9.97 Å². The lowest BCUT2D eigenvalue weighted by molar-refractivity contribution is -0.136. The highest BCUT2D eigenvalue weighted by Crippen LogP contribution is 2.18. The number of nitrogens with one attached hydrogen (secondary N) is 1. The molecule has 0 aliphatic rings. The first kappa shape index (κ1) is 16.9. The number of carboxylic acid groups (broad SMARTS) is 1. The summed E-state index contributed by atoms with van der Waals surface area (Å²) < 4.78 is 0. The van der Waals surface area contributed by atoms with Gasteiger partial charge in [0.1, 0.15) is 5.82 Å². The summed E-state index contributed by atoms with van der Waals surface area (Å²) in [6, 6.07) is 6.62. The third-order valence-electron chi connectivity index (χ3n) is 3.03. The van der Waals surface area contributed by atoms with Gasteiger partial charge in [-0.05, 0) is 17.7 Å². The molecule has 0 saturated carbocycles. The van der Waals surface area contributed by atoms with Gasteiger partial charge in [-0.15, -0.1) is 0 Å². The van der Waals surface area contributed by atoms with Gasteiger partial charge in [-0.3, -0.25) is 9.59 Å². The van der Waals surface area contributed by atoms with Crippen molar-refractivity contribution in [2.75, 3.05) is 5.32 Å². The summed E-state index contributed by atoms with van der Waals surface area (Å²) in [6.07, 6.45) is 1.29. The molecule has 1 aromatic heterocycles. The van der Waals surface area contributed by atoms with Crippen molar-refractivity contribution in [3.05, 3.63) is 52.6 Å². The molecule has 2 aromatic rings. The summed E-state index contributed by atoms with van der Waals surface area (Å²) >= 11 is 6.00. The Balaban J connectivity index is 2.22. The van der Waals surface area contributed by atoms with E-state index in [9.17, 15) is 9.59 Å². The Morgan fingerprint density at radius 2 is 2.09 bits per heavy atom. The lowest BCUT2D eigenvalue weighted by atomic mass is 10.1. The molecule has 0 aliphatic heterocycles. The van der Waals surface area contributed by atoms with E-state index in [4.69, 9.17) is 16.7 Å². The van der Waals surface area contributed by atoms with Gasteiger partial charge in [-0.1, -0.05) is 37.6 Å². The van der Waals surface area contributed by atoms with Gasteiger partial charge < -0.3 is 10.4 Å². The van der Waals surface area contributed by atoms with Crippen LogP contribution in [0.4, 0.5) is 5.69 Å². The highest BCUT2D eigenvalue weighted by atomic mass is 35.5. The molecule has 0 bridgehead atoms. The Labute approximate surface area is 138 Å². The van der Waals surface area contributed by atoms with Gasteiger partial charge in [-0.25, -0.2) is 9.97 Å². The van der Waals surface area contributed by atoms with E-state index in [2.05, 4.69) is 15.3 Å². The van der Waals surface area contributed by atoms with Gasteiger partial charge in [0.15, 0.2) is 5.69 Å². The van der Waals surface area contributed by atoms with Crippen LogP contribution >= 0.6 is 11.6 Å². The van der Waals surface area contributed by atoms with Crippen LogP contribution in [-0.4, -0.2) is 27.0 Å². The minimum atomic E-state index is -0.936. The Morgan fingerprint density at radius 3 is 2.74 bits per heavy atom. The normalized spacial score (nSPS) is 10.6. The number of halogens is 1. The fourth-order valence-corrected chi connectivity index (χ4v) is 2.12. The maximum atomic E-state index is 12.3. The van der Waals surface area contributed by atoms with E-state index in [1.807, 2.05) is 13.8 Å². The van der Waals surface area contributed by atoms with Crippen molar-refractivity contribution in [1.29, 1.82) is 0 Å². The number of benzene rings is 1. The lowest BCUT2D eigenvalue weighted by Gasteiger charge is -2.09. The number of aromatic nitrogens is 2. The van der Waals surface area contributed by atoms with Crippen LogP contribution in [0.5, 0.6) is 0 Å². The molecule has 0 unspecified atom stereocenters. The number of amides is 1. The van der Waals surface area contributed by atoms with Gasteiger partial charge in [-0.2, -0.15) is 0 Å². The third kappa shape index (κ3) is 4.50. The molecule has 0 atom stereocenters. The SMILES string of the molecule is CC(C)c1ncc(Cl)c(C(=O)Nc2cccc(CC(=O)O)c2)n1. The average Bonchev–Trinajstić information content (AvgIpc) is 2.46. The minimum absolute atomic E-state index is 0.0673. The van der Waals surface area contributed by atoms with Crippen LogP contribution in [0.15, 0.2) is 30.5 Å². The van der Waals surface area contributed by atoms with Crippen molar-refractivity contribution in [2.45, 2.75) is 26.2 Å². The van der Waals surface area contributed by atoms with Crippen molar-refractivity contribution < 1.29 is 14.7 Å². The van der Waals surface area contributed by atoms with E-state index in [0.717, 1.165) is 0 Å². The fraction of sp³-hybridized carbons (Fsp3) is 0.250. The first-order chi connectivity index (χ1) is 10.9. The fourth-order valence-electron chi connectivity index (χ4n) is 1.94. The van der Waals surface area contributed by atoms with Crippen LogP contribution in [0.25, 0.3) is 0 Å². The molecule has 1 heterocycles. The number of hydrogen-bond donors (Lipinski definition) is 2. The molecule has 0 aliphatic carbocycles. The smallest absolute Gasteiger partial charge is 0.307 e. The van der Waals surface area contributed by atoms with Crippen molar-refractivity contribution in [3.8, 4) is 0 Å². The topological polar surface area (TPSA) is 92.2 Å². The second kappa shape index (κ2) is 7.19. The number of rotatable bonds is 5. The summed E-state index contributed by atoms with van der Waals surface area (Å²) in [5, 5.41) is 11.6. The molecule has 120 valence electrons. The zero-order chi connectivity index (χ0) is 17.0. The zero-order valence-corrected chi connectivity index (χ0v) is 13.5. The van der Waals surface area contributed by atoms with E-state index >= 15 is 0 Å². The van der Waals surface area contributed by atoms with E-state index in [-0.39, 0.29) is 23.1 Å². The largest absolute Gasteiger partial charge is 0.481 e. The maximum Gasteiger partial charge on any atom is 0.307 e. The standard InChI is InChI=1S/C16H16ClN3O3/c1-9(2)15-18-8-12(17)14(20-15)16(23)19-11-5-3-4-10(6-11)7-13(21)22/h3-6,8-9H,7H2,1-2H3,(H,19,23)(H,21,22). The van der Waals surface area contributed by atoms with Gasteiger partial charge in [0, 0.05) is 11.6 Å². The Bertz CT molecular complexity index is 747. The van der Waals surface area contributed by atoms with Crippen LogP contribution in [0.2, 0.25) is 5.02 Å². The summed E-state index contributed by atoms with van der Waals surface area (Å²) in [5.74, 6) is -0.808. The lowest BCUT2D eigenvalue weighted by Crippen LogP contribution is -2.16. The first-order valence-electron chi connectivity index (χ1n) is 7.01. The molecule has 2 N–H and O–H groups in total. The first-order valence-corrected chi connectivity index (χ1v) is 7.39. The minimum Gasteiger partial charge on any atom is -0.481 e. The number of aliphatic carboxylic acids is 1. The number of carboxylic acids is 1. The summed E-state index contributed by atoms with van der Waals surface area (Å²) in [7, 11) is 0. The Morgan fingerprint density at radius 1 is 1.35 bits per heavy atom. The number of hydrogen-bond acceptors (Lipinski definition) is 4. The molecule has 1 aromatic carbocycles. The number of carbonyl (C=O) groups excluding carboxylic acids is 1. The monoisotopic (exact) mass is 333 g/mol. The molecule has 0 radical (unpaired) electrons. The average molecular weight is 334 g/mol. The Hall–Kier alpha value is -2.47. The number of nitrogens with zero attached hydrogens (tertiary/aromatic N) is 2. The second-order valence-corrected chi connectivity index (χ2v) is 5.71. The van der Waals surface area contributed by atoms with Crippen LogP contribution in [0.1, 0.15) is 41.6 Å².